The van der Waals surface area contributed by atoms with E-state index in [0.717, 1.165) is 38.7 Å². The normalized spacial score (nSPS) is 19.7. The molecule has 0 radical (unpaired) electrons. The molecule has 2 fully saturated rings. The van der Waals surface area contributed by atoms with E-state index in [-0.39, 0.29) is 35.4 Å². The molecule has 1 atom stereocenters. The van der Waals surface area contributed by atoms with Gasteiger partial charge in [0, 0.05) is 26.1 Å². The number of carbonyl (C=O) groups excluding carboxylic acids is 1. The van der Waals surface area contributed by atoms with Crippen molar-refractivity contribution in [3.63, 3.8) is 0 Å². The van der Waals surface area contributed by atoms with Crippen LogP contribution in [-0.2, 0) is 17.6 Å². The molecule has 2 aromatic rings. The standard InChI is InChI=1S/C25H32N2O4.ClH/c1-18-14-20(9-5-8-19-6-3-2-4-7-19)31-24(29)22(18)23(28)27-12-10-25(11-13-27)15-21(16-26)30-17-25;/h2-4,6-7,14,21H,5,8-13,15-17,26H2,1H3;1H. The first-order valence-electron chi connectivity index (χ1n) is 11.3. The number of hydrogen-bond donors (Lipinski definition) is 1. The Morgan fingerprint density at radius 1 is 1.19 bits per heavy atom. The summed E-state index contributed by atoms with van der Waals surface area (Å²) in [5.74, 6) is 0.426. The molecule has 1 spiro atoms. The average Bonchev–Trinajstić information content (AvgIpc) is 3.17. The third kappa shape index (κ3) is 5.42. The van der Waals surface area contributed by atoms with Crippen LogP contribution in [0.1, 0.15) is 52.9 Å². The second-order valence-electron chi connectivity index (χ2n) is 9.06. The van der Waals surface area contributed by atoms with Gasteiger partial charge in [0.05, 0.1) is 12.7 Å². The summed E-state index contributed by atoms with van der Waals surface area (Å²) < 4.78 is 11.3. The number of halogens is 1. The van der Waals surface area contributed by atoms with Gasteiger partial charge in [-0.25, -0.2) is 4.79 Å². The predicted molar refractivity (Wildman–Crippen MR) is 126 cm³/mol. The van der Waals surface area contributed by atoms with E-state index < -0.39 is 5.63 Å². The second-order valence-corrected chi connectivity index (χ2v) is 9.06. The fourth-order valence-electron chi connectivity index (χ4n) is 4.90. The molecular formula is C25H33ClN2O4. The van der Waals surface area contributed by atoms with Crippen molar-refractivity contribution in [2.24, 2.45) is 11.1 Å². The van der Waals surface area contributed by atoms with E-state index in [1.807, 2.05) is 31.2 Å². The number of carbonyl (C=O) groups is 1. The number of likely N-dealkylation sites (tertiary alicyclic amines) is 1. The lowest BCUT2D eigenvalue weighted by molar-refractivity contribution is 0.0497. The van der Waals surface area contributed by atoms with Crippen LogP contribution in [0.5, 0.6) is 0 Å². The minimum Gasteiger partial charge on any atom is -0.427 e. The minimum atomic E-state index is -0.521. The topological polar surface area (TPSA) is 85.8 Å². The van der Waals surface area contributed by atoms with Gasteiger partial charge in [0.25, 0.3) is 5.91 Å². The molecule has 0 bridgehead atoms. The van der Waals surface area contributed by atoms with Crippen molar-refractivity contribution in [3.8, 4) is 0 Å². The second kappa shape index (κ2) is 10.6. The fraction of sp³-hybridized carbons (Fsp3) is 0.520. The van der Waals surface area contributed by atoms with Crippen LogP contribution in [0.25, 0.3) is 0 Å². The SMILES string of the molecule is Cc1cc(CCCc2ccccc2)oc(=O)c1C(=O)N1CCC2(CC1)COC(CN)C2.Cl. The zero-order valence-electron chi connectivity index (χ0n) is 18.7. The quantitative estimate of drug-likeness (QED) is 0.712. The van der Waals surface area contributed by atoms with E-state index >= 15 is 0 Å². The molecule has 2 aliphatic heterocycles. The Kier molecular flexibility index (Phi) is 8.15. The van der Waals surface area contributed by atoms with Crippen LogP contribution in [0.2, 0.25) is 0 Å². The highest BCUT2D eigenvalue weighted by Gasteiger charge is 2.43. The highest BCUT2D eigenvalue weighted by atomic mass is 35.5. The van der Waals surface area contributed by atoms with E-state index in [1.165, 1.54) is 5.56 Å². The maximum atomic E-state index is 13.1. The van der Waals surface area contributed by atoms with Gasteiger partial charge < -0.3 is 19.8 Å². The average molecular weight is 461 g/mol. The van der Waals surface area contributed by atoms with Gasteiger partial charge in [-0.3, -0.25) is 4.79 Å². The molecule has 7 heteroatoms. The summed E-state index contributed by atoms with van der Waals surface area (Å²) in [6, 6.07) is 12.1. The molecule has 0 aliphatic carbocycles. The lowest BCUT2D eigenvalue weighted by Crippen LogP contribution is -2.45. The van der Waals surface area contributed by atoms with Gasteiger partial charge in [0.1, 0.15) is 11.3 Å². The van der Waals surface area contributed by atoms with E-state index in [2.05, 4.69) is 12.1 Å². The van der Waals surface area contributed by atoms with Gasteiger partial charge in [-0.05, 0) is 61.6 Å². The van der Waals surface area contributed by atoms with Crippen LogP contribution in [0.3, 0.4) is 0 Å². The molecule has 6 nitrogen and oxygen atoms in total. The molecule has 1 amide bonds. The van der Waals surface area contributed by atoms with Crippen molar-refractivity contribution in [3.05, 3.63) is 69.3 Å². The Balaban J connectivity index is 0.00000289. The molecule has 174 valence electrons. The third-order valence-electron chi connectivity index (χ3n) is 6.81. The molecular weight excluding hydrogens is 428 g/mol. The Labute approximate surface area is 195 Å². The van der Waals surface area contributed by atoms with Crippen molar-refractivity contribution >= 4 is 18.3 Å². The molecule has 32 heavy (non-hydrogen) atoms. The summed E-state index contributed by atoms with van der Waals surface area (Å²) in [4.78, 5) is 27.5. The molecule has 1 unspecified atom stereocenters. The van der Waals surface area contributed by atoms with Gasteiger partial charge in [0.15, 0.2) is 0 Å². The van der Waals surface area contributed by atoms with Crippen LogP contribution >= 0.6 is 12.4 Å². The highest BCUT2D eigenvalue weighted by molar-refractivity contribution is 5.95. The molecule has 2 saturated heterocycles. The van der Waals surface area contributed by atoms with Crippen molar-refractivity contribution in [2.45, 2.75) is 51.6 Å². The van der Waals surface area contributed by atoms with Crippen molar-refractivity contribution in [2.75, 3.05) is 26.2 Å². The lowest BCUT2D eigenvalue weighted by atomic mass is 9.76. The summed E-state index contributed by atoms with van der Waals surface area (Å²) in [5, 5.41) is 0. The number of piperidine rings is 1. The van der Waals surface area contributed by atoms with E-state index in [0.29, 0.717) is 37.4 Å². The minimum absolute atomic E-state index is 0. The summed E-state index contributed by atoms with van der Waals surface area (Å²) >= 11 is 0. The maximum absolute atomic E-state index is 13.1. The van der Waals surface area contributed by atoms with Gasteiger partial charge in [-0.1, -0.05) is 30.3 Å². The van der Waals surface area contributed by atoms with Crippen molar-refractivity contribution in [1.82, 2.24) is 4.90 Å². The first kappa shape index (κ1) is 24.5. The largest absolute Gasteiger partial charge is 0.427 e. The third-order valence-corrected chi connectivity index (χ3v) is 6.81. The molecule has 2 N–H and O–H groups in total. The molecule has 1 aromatic heterocycles. The Bertz CT molecular complexity index is 968. The number of benzene rings is 1. The van der Waals surface area contributed by atoms with Gasteiger partial charge in [-0.15, -0.1) is 12.4 Å². The number of amides is 1. The monoisotopic (exact) mass is 460 g/mol. The van der Waals surface area contributed by atoms with E-state index in [9.17, 15) is 9.59 Å². The zero-order chi connectivity index (χ0) is 21.8. The van der Waals surface area contributed by atoms with Crippen molar-refractivity contribution < 1.29 is 13.9 Å². The number of ether oxygens (including phenoxy) is 1. The van der Waals surface area contributed by atoms with Crippen LogP contribution < -0.4 is 11.4 Å². The number of nitrogens with zero attached hydrogens (tertiary/aromatic N) is 1. The molecule has 3 heterocycles. The Hall–Kier alpha value is -2.15. The van der Waals surface area contributed by atoms with Crippen LogP contribution in [0, 0.1) is 12.3 Å². The zero-order valence-corrected chi connectivity index (χ0v) is 19.5. The van der Waals surface area contributed by atoms with Gasteiger partial charge >= 0.3 is 5.63 Å². The summed E-state index contributed by atoms with van der Waals surface area (Å²) in [6.07, 6.45) is 5.35. The molecule has 0 saturated carbocycles. The number of hydrogen-bond acceptors (Lipinski definition) is 5. The van der Waals surface area contributed by atoms with E-state index in [4.69, 9.17) is 14.9 Å². The number of aryl methyl sites for hydroxylation is 3. The summed E-state index contributed by atoms with van der Waals surface area (Å²) in [7, 11) is 0. The van der Waals surface area contributed by atoms with Crippen LogP contribution in [0.15, 0.2) is 45.6 Å². The highest BCUT2D eigenvalue weighted by Crippen LogP contribution is 2.41. The smallest absolute Gasteiger partial charge is 0.349 e. The summed E-state index contributed by atoms with van der Waals surface area (Å²) in [5.41, 5.74) is 7.49. The first-order chi connectivity index (χ1) is 15.0. The summed E-state index contributed by atoms with van der Waals surface area (Å²) in [6.45, 7) is 4.36. The van der Waals surface area contributed by atoms with E-state index in [1.54, 1.807) is 4.90 Å². The van der Waals surface area contributed by atoms with Gasteiger partial charge in [-0.2, -0.15) is 0 Å². The van der Waals surface area contributed by atoms with Crippen LogP contribution in [-0.4, -0.2) is 43.2 Å². The maximum Gasteiger partial charge on any atom is 0.349 e. The molecule has 1 aromatic carbocycles. The predicted octanol–water partition coefficient (Wildman–Crippen LogP) is 3.52. The lowest BCUT2D eigenvalue weighted by Gasteiger charge is -2.38. The molecule has 2 aliphatic rings. The molecule has 4 rings (SSSR count). The van der Waals surface area contributed by atoms with Crippen LogP contribution in [0.4, 0.5) is 0 Å². The fourth-order valence-corrected chi connectivity index (χ4v) is 4.90. The number of rotatable bonds is 6. The van der Waals surface area contributed by atoms with Crippen molar-refractivity contribution in [1.29, 1.82) is 0 Å². The number of nitrogens with two attached hydrogens (primary N) is 1. The Morgan fingerprint density at radius 3 is 2.53 bits per heavy atom. The Morgan fingerprint density at radius 2 is 1.91 bits per heavy atom. The van der Waals surface area contributed by atoms with Gasteiger partial charge in [0.2, 0.25) is 0 Å². The first-order valence-corrected chi connectivity index (χ1v) is 11.3.